The van der Waals surface area contributed by atoms with E-state index in [1.165, 1.54) is 29.2 Å². The highest BCUT2D eigenvalue weighted by molar-refractivity contribution is 7.92. The fourth-order valence-corrected chi connectivity index (χ4v) is 6.42. The molecule has 8 nitrogen and oxygen atoms in total. The molecule has 0 fully saturated rings. The molecule has 4 aromatic rings. The zero-order valence-corrected chi connectivity index (χ0v) is 28.0. The second-order valence-electron chi connectivity index (χ2n) is 11.7. The van der Waals surface area contributed by atoms with Gasteiger partial charge in [-0.2, -0.15) is 0 Å². The molecular formula is C37H42FN3O5S. The fourth-order valence-electron chi connectivity index (χ4n) is 5.00. The molecule has 0 heterocycles. The minimum absolute atomic E-state index is 0.0189. The number of rotatable bonds is 15. The first-order valence-corrected chi connectivity index (χ1v) is 17.1. The van der Waals surface area contributed by atoms with Gasteiger partial charge in [0.2, 0.25) is 11.8 Å². The number of nitrogens with one attached hydrogen (secondary N) is 1. The molecule has 2 amide bonds. The SMILES string of the molecule is CCOc1ccc(N(CC(=O)N(Cc2ccc(F)cc2)[C@@H](Cc2ccccc2)C(=O)NCC(C)C)S(=O)(=O)c2ccc(C)cc2)cc1. The average molecular weight is 660 g/mol. The van der Waals surface area contributed by atoms with Crippen LogP contribution in [0.1, 0.15) is 37.5 Å². The van der Waals surface area contributed by atoms with Crippen LogP contribution < -0.4 is 14.4 Å². The molecule has 0 aliphatic rings. The minimum atomic E-state index is -4.23. The van der Waals surface area contributed by atoms with E-state index in [4.69, 9.17) is 4.74 Å². The summed E-state index contributed by atoms with van der Waals surface area (Å²) >= 11 is 0. The van der Waals surface area contributed by atoms with Crippen LogP contribution in [0.2, 0.25) is 0 Å². The maximum atomic E-state index is 14.5. The average Bonchev–Trinajstić information content (AvgIpc) is 3.06. The number of nitrogens with zero attached hydrogens (tertiary/aromatic N) is 2. The first-order chi connectivity index (χ1) is 22.5. The quantitative estimate of drug-likeness (QED) is 0.166. The van der Waals surface area contributed by atoms with Gasteiger partial charge in [0.1, 0.15) is 24.2 Å². The molecule has 0 unspecified atom stereocenters. The van der Waals surface area contributed by atoms with Crippen molar-refractivity contribution in [2.45, 2.75) is 51.6 Å². The van der Waals surface area contributed by atoms with Crippen LogP contribution >= 0.6 is 0 Å². The van der Waals surface area contributed by atoms with Crippen LogP contribution in [0.3, 0.4) is 0 Å². The van der Waals surface area contributed by atoms with E-state index >= 15 is 0 Å². The number of hydrogen-bond acceptors (Lipinski definition) is 5. The second-order valence-corrected chi connectivity index (χ2v) is 13.6. The molecule has 47 heavy (non-hydrogen) atoms. The number of ether oxygens (including phenoxy) is 1. The Kier molecular flexibility index (Phi) is 12.1. The van der Waals surface area contributed by atoms with Crippen LogP contribution in [-0.4, -0.2) is 50.9 Å². The molecular weight excluding hydrogens is 617 g/mol. The van der Waals surface area contributed by atoms with E-state index in [1.807, 2.05) is 58.0 Å². The van der Waals surface area contributed by atoms with Crippen LogP contribution in [0.15, 0.2) is 108 Å². The summed E-state index contributed by atoms with van der Waals surface area (Å²) in [4.78, 5) is 29.8. The molecule has 0 aliphatic heterocycles. The highest BCUT2D eigenvalue weighted by Crippen LogP contribution is 2.27. The van der Waals surface area contributed by atoms with Gasteiger partial charge in [-0.1, -0.05) is 74.0 Å². The first-order valence-electron chi connectivity index (χ1n) is 15.7. The molecule has 0 saturated heterocycles. The molecule has 0 radical (unpaired) electrons. The van der Waals surface area contributed by atoms with Crippen molar-refractivity contribution in [2.24, 2.45) is 5.92 Å². The molecule has 4 rings (SSSR count). The maximum absolute atomic E-state index is 14.5. The Morgan fingerprint density at radius 2 is 1.49 bits per heavy atom. The van der Waals surface area contributed by atoms with Gasteiger partial charge >= 0.3 is 0 Å². The van der Waals surface area contributed by atoms with Gasteiger partial charge in [0.15, 0.2) is 0 Å². The Labute approximate surface area is 277 Å². The van der Waals surface area contributed by atoms with Crippen LogP contribution in [0.25, 0.3) is 0 Å². The topological polar surface area (TPSA) is 96.0 Å². The molecule has 1 atom stereocenters. The van der Waals surface area contributed by atoms with Crippen molar-refractivity contribution in [1.82, 2.24) is 10.2 Å². The van der Waals surface area contributed by atoms with Crippen LogP contribution in [-0.2, 0) is 32.6 Å². The number of hydrogen-bond donors (Lipinski definition) is 1. The van der Waals surface area contributed by atoms with Gasteiger partial charge in [-0.05, 0) is 79.4 Å². The summed E-state index contributed by atoms with van der Waals surface area (Å²) in [7, 11) is -4.23. The number of sulfonamides is 1. The maximum Gasteiger partial charge on any atom is 0.264 e. The smallest absolute Gasteiger partial charge is 0.264 e. The highest BCUT2D eigenvalue weighted by atomic mass is 32.2. The van der Waals surface area contributed by atoms with Gasteiger partial charge in [-0.25, -0.2) is 12.8 Å². The van der Waals surface area contributed by atoms with Crippen molar-refractivity contribution in [3.05, 3.63) is 126 Å². The van der Waals surface area contributed by atoms with Gasteiger partial charge in [0.25, 0.3) is 10.0 Å². The zero-order valence-electron chi connectivity index (χ0n) is 27.2. The zero-order chi connectivity index (χ0) is 34.0. The fraction of sp³-hybridized carbons (Fsp3) is 0.297. The number of aryl methyl sites for hydroxylation is 1. The minimum Gasteiger partial charge on any atom is -0.494 e. The third-order valence-corrected chi connectivity index (χ3v) is 9.33. The largest absolute Gasteiger partial charge is 0.494 e. The number of carbonyl (C=O) groups excluding carboxylic acids is 2. The lowest BCUT2D eigenvalue weighted by molar-refractivity contribution is -0.140. The third kappa shape index (κ3) is 9.65. The Morgan fingerprint density at radius 1 is 0.851 bits per heavy atom. The van der Waals surface area contributed by atoms with E-state index in [9.17, 15) is 22.4 Å². The van der Waals surface area contributed by atoms with Crippen molar-refractivity contribution < 1.29 is 27.1 Å². The predicted molar refractivity (Wildman–Crippen MR) is 182 cm³/mol. The van der Waals surface area contributed by atoms with Gasteiger partial charge < -0.3 is 15.0 Å². The second kappa shape index (κ2) is 16.2. The predicted octanol–water partition coefficient (Wildman–Crippen LogP) is 6.14. The van der Waals surface area contributed by atoms with Crippen molar-refractivity contribution in [2.75, 3.05) is 24.0 Å². The number of halogens is 1. The normalized spacial score (nSPS) is 12.0. The van der Waals surface area contributed by atoms with Gasteiger partial charge in [0.05, 0.1) is 17.2 Å². The Bertz CT molecular complexity index is 1710. The van der Waals surface area contributed by atoms with Crippen LogP contribution in [0.4, 0.5) is 10.1 Å². The monoisotopic (exact) mass is 659 g/mol. The van der Waals surface area contributed by atoms with Crippen LogP contribution in [0, 0.1) is 18.7 Å². The summed E-state index contributed by atoms with van der Waals surface area (Å²) in [6.07, 6.45) is 0.186. The molecule has 4 aromatic carbocycles. The van der Waals surface area contributed by atoms with Crippen molar-refractivity contribution in [3.8, 4) is 5.75 Å². The van der Waals surface area contributed by atoms with Crippen LogP contribution in [0.5, 0.6) is 5.75 Å². The molecule has 1 N–H and O–H groups in total. The lowest BCUT2D eigenvalue weighted by Crippen LogP contribution is -2.53. The van der Waals surface area contributed by atoms with E-state index in [2.05, 4.69) is 5.32 Å². The Hall–Kier alpha value is -4.70. The summed E-state index contributed by atoms with van der Waals surface area (Å²) in [5, 5.41) is 2.96. The molecule has 10 heteroatoms. The van der Waals surface area contributed by atoms with Crippen molar-refractivity contribution in [1.29, 1.82) is 0 Å². The lowest BCUT2D eigenvalue weighted by atomic mass is 10.0. The molecule has 0 aliphatic carbocycles. The van der Waals surface area contributed by atoms with Gasteiger partial charge in [0, 0.05) is 19.5 Å². The molecule has 0 aromatic heterocycles. The van der Waals surface area contributed by atoms with Gasteiger partial charge in [-0.3, -0.25) is 13.9 Å². The third-order valence-electron chi connectivity index (χ3n) is 7.55. The number of benzene rings is 4. The lowest BCUT2D eigenvalue weighted by Gasteiger charge is -2.34. The number of carbonyl (C=O) groups is 2. The molecule has 248 valence electrons. The van der Waals surface area contributed by atoms with Crippen molar-refractivity contribution in [3.63, 3.8) is 0 Å². The summed E-state index contributed by atoms with van der Waals surface area (Å²) < 4.78 is 48.8. The van der Waals surface area contributed by atoms with E-state index in [0.29, 0.717) is 24.5 Å². The van der Waals surface area contributed by atoms with E-state index in [0.717, 1.165) is 15.4 Å². The van der Waals surface area contributed by atoms with E-state index in [1.54, 1.807) is 48.5 Å². The molecule has 0 spiro atoms. The van der Waals surface area contributed by atoms with E-state index in [-0.39, 0.29) is 35.4 Å². The summed E-state index contributed by atoms with van der Waals surface area (Å²) in [6, 6.07) is 26.9. The summed E-state index contributed by atoms with van der Waals surface area (Å²) in [5.74, 6) is -0.690. The highest BCUT2D eigenvalue weighted by Gasteiger charge is 2.34. The number of amides is 2. The standard InChI is InChI=1S/C37H42FN3O5S/c1-5-46-33-19-17-32(18-20-33)41(47(44,45)34-21-11-28(4)12-22-34)26-36(42)40(25-30-13-15-31(38)16-14-30)35(37(43)39-24-27(2)3)23-29-9-7-6-8-10-29/h6-22,27,35H,5,23-26H2,1-4H3,(H,39,43)/t35-/m0/s1. The molecule has 0 bridgehead atoms. The first kappa shape index (κ1) is 35.2. The number of anilines is 1. The summed E-state index contributed by atoms with van der Waals surface area (Å²) in [5.41, 5.74) is 2.55. The van der Waals surface area contributed by atoms with E-state index < -0.39 is 34.3 Å². The summed E-state index contributed by atoms with van der Waals surface area (Å²) in [6.45, 7) is 7.83. The Morgan fingerprint density at radius 3 is 2.09 bits per heavy atom. The van der Waals surface area contributed by atoms with Crippen molar-refractivity contribution >= 4 is 27.5 Å². The van der Waals surface area contributed by atoms with Gasteiger partial charge in [-0.15, -0.1) is 0 Å². The Balaban J connectivity index is 1.79. The molecule has 0 saturated carbocycles.